The quantitative estimate of drug-likeness (QED) is 0.797. The SMILES string of the molecule is COc1cc2c(c(OC)c1OC)CCN(CCn1cncn1)CC2. The molecule has 0 N–H and O–H groups in total. The number of nitrogens with zero attached hydrogens (tertiary/aromatic N) is 4. The van der Waals surface area contributed by atoms with E-state index in [1.807, 2.05) is 4.68 Å². The molecule has 7 nitrogen and oxygen atoms in total. The molecule has 0 saturated carbocycles. The third kappa shape index (κ3) is 3.31. The molecule has 130 valence electrons. The van der Waals surface area contributed by atoms with Gasteiger partial charge in [-0.2, -0.15) is 5.10 Å². The van der Waals surface area contributed by atoms with Crippen molar-refractivity contribution in [3.63, 3.8) is 0 Å². The Morgan fingerprint density at radius 3 is 2.46 bits per heavy atom. The molecule has 7 heteroatoms. The third-order valence-electron chi connectivity index (χ3n) is 4.51. The molecular formula is C17H24N4O3. The number of hydrogen-bond donors (Lipinski definition) is 0. The van der Waals surface area contributed by atoms with E-state index in [1.165, 1.54) is 11.1 Å². The molecule has 1 aromatic carbocycles. The van der Waals surface area contributed by atoms with Crippen molar-refractivity contribution in [2.45, 2.75) is 19.4 Å². The number of methoxy groups -OCH3 is 3. The Morgan fingerprint density at radius 1 is 1.00 bits per heavy atom. The number of rotatable bonds is 6. The maximum atomic E-state index is 5.64. The maximum Gasteiger partial charge on any atom is 0.203 e. The minimum absolute atomic E-state index is 0.676. The van der Waals surface area contributed by atoms with Gasteiger partial charge >= 0.3 is 0 Å². The zero-order valence-corrected chi connectivity index (χ0v) is 14.5. The van der Waals surface area contributed by atoms with Crippen LogP contribution < -0.4 is 14.2 Å². The average molecular weight is 332 g/mol. The highest BCUT2D eigenvalue weighted by Crippen LogP contribution is 2.43. The minimum atomic E-state index is 0.676. The van der Waals surface area contributed by atoms with Gasteiger partial charge in [0.25, 0.3) is 0 Å². The summed E-state index contributed by atoms with van der Waals surface area (Å²) < 4.78 is 18.5. The second kappa shape index (κ2) is 7.53. The molecule has 0 saturated heterocycles. The number of benzene rings is 1. The smallest absolute Gasteiger partial charge is 0.203 e. The van der Waals surface area contributed by atoms with E-state index in [0.29, 0.717) is 5.75 Å². The van der Waals surface area contributed by atoms with Gasteiger partial charge in [0, 0.05) is 25.2 Å². The number of ether oxygens (including phenoxy) is 3. The fourth-order valence-corrected chi connectivity index (χ4v) is 3.24. The molecule has 1 aliphatic rings. The molecule has 2 aromatic rings. The van der Waals surface area contributed by atoms with Gasteiger partial charge in [0.05, 0.1) is 27.9 Å². The molecule has 0 fully saturated rings. The summed E-state index contributed by atoms with van der Waals surface area (Å²) in [4.78, 5) is 6.43. The fourth-order valence-electron chi connectivity index (χ4n) is 3.24. The van der Waals surface area contributed by atoms with E-state index in [4.69, 9.17) is 14.2 Å². The normalized spacial score (nSPS) is 14.8. The zero-order valence-electron chi connectivity index (χ0n) is 14.5. The van der Waals surface area contributed by atoms with E-state index in [-0.39, 0.29) is 0 Å². The summed E-state index contributed by atoms with van der Waals surface area (Å²) in [5, 5.41) is 4.16. The Hall–Kier alpha value is -2.28. The van der Waals surface area contributed by atoms with Gasteiger partial charge in [0.2, 0.25) is 5.75 Å². The van der Waals surface area contributed by atoms with E-state index >= 15 is 0 Å². The average Bonchev–Trinajstić information content (AvgIpc) is 3.05. The lowest BCUT2D eigenvalue weighted by Gasteiger charge is -2.19. The molecule has 1 aromatic heterocycles. The first-order valence-corrected chi connectivity index (χ1v) is 8.12. The number of fused-ring (bicyclic) bond motifs is 1. The molecule has 0 aliphatic carbocycles. The highest BCUT2D eigenvalue weighted by molar-refractivity contribution is 5.59. The lowest BCUT2D eigenvalue weighted by Crippen LogP contribution is -2.30. The summed E-state index contributed by atoms with van der Waals surface area (Å²) in [6.07, 6.45) is 5.21. The summed E-state index contributed by atoms with van der Waals surface area (Å²) in [5.41, 5.74) is 2.49. The molecule has 0 spiro atoms. The van der Waals surface area contributed by atoms with E-state index in [9.17, 15) is 0 Å². The first-order chi connectivity index (χ1) is 11.8. The van der Waals surface area contributed by atoms with Crippen LogP contribution >= 0.6 is 0 Å². The van der Waals surface area contributed by atoms with Crippen LogP contribution in [0, 0.1) is 0 Å². The van der Waals surface area contributed by atoms with Crippen molar-refractivity contribution in [2.75, 3.05) is 41.0 Å². The molecule has 3 rings (SSSR count). The lowest BCUT2D eigenvalue weighted by atomic mass is 10.0. The highest BCUT2D eigenvalue weighted by atomic mass is 16.5. The van der Waals surface area contributed by atoms with E-state index in [0.717, 1.165) is 50.5 Å². The molecular weight excluding hydrogens is 308 g/mol. The van der Waals surface area contributed by atoms with Crippen molar-refractivity contribution in [1.82, 2.24) is 19.7 Å². The van der Waals surface area contributed by atoms with Crippen molar-refractivity contribution in [2.24, 2.45) is 0 Å². The van der Waals surface area contributed by atoms with Gasteiger partial charge < -0.3 is 19.1 Å². The standard InChI is InChI=1S/C17H24N4O3/c1-22-15-10-13-4-6-20(8-9-21-12-18-11-19-21)7-5-14(13)16(23-2)17(15)24-3/h10-12H,4-9H2,1-3H3. The molecule has 0 radical (unpaired) electrons. The molecule has 0 amide bonds. The Kier molecular flexibility index (Phi) is 5.20. The van der Waals surface area contributed by atoms with Crippen LogP contribution in [0.4, 0.5) is 0 Å². The van der Waals surface area contributed by atoms with E-state index in [1.54, 1.807) is 34.0 Å². The van der Waals surface area contributed by atoms with Crippen molar-refractivity contribution < 1.29 is 14.2 Å². The van der Waals surface area contributed by atoms with Crippen LogP contribution in [-0.4, -0.2) is 60.6 Å². The second-order valence-electron chi connectivity index (χ2n) is 5.78. The first-order valence-electron chi connectivity index (χ1n) is 8.12. The van der Waals surface area contributed by atoms with Gasteiger partial charge in [-0.1, -0.05) is 0 Å². The van der Waals surface area contributed by atoms with Crippen molar-refractivity contribution in [1.29, 1.82) is 0 Å². The van der Waals surface area contributed by atoms with Gasteiger partial charge in [-0.05, 0) is 24.5 Å². The number of hydrogen-bond acceptors (Lipinski definition) is 6. The monoisotopic (exact) mass is 332 g/mol. The lowest BCUT2D eigenvalue weighted by molar-refractivity contribution is 0.270. The van der Waals surface area contributed by atoms with Gasteiger partial charge in [-0.25, -0.2) is 4.98 Å². The van der Waals surface area contributed by atoms with Gasteiger partial charge in [-0.3, -0.25) is 4.68 Å². The van der Waals surface area contributed by atoms with Crippen LogP contribution in [0.3, 0.4) is 0 Å². The van der Waals surface area contributed by atoms with Crippen LogP contribution in [0.15, 0.2) is 18.7 Å². The Balaban J connectivity index is 1.77. The van der Waals surface area contributed by atoms with Crippen LogP contribution in [-0.2, 0) is 19.4 Å². The predicted octanol–water partition coefficient (Wildman–Crippen LogP) is 1.40. The predicted molar refractivity (Wildman–Crippen MR) is 90.0 cm³/mol. The molecule has 0 unspecified atom stereocenters. The largest absolute Gasteiger partial charge is 0.493 e. The van der Waals surface area contributed by atoms with Crippen LogP contribution in [0.25, 0.3) is 0 Å². The van der Waals surface area contributed by atoms with Crippen molar-refractivity contribution in [3.8, 4) is 17.2 Å². The van der Waals surface area contributed by atoms with Crippen LogP contribution in [0.5, 0.6) is 17.2 Å². The van der Waals surface area contributed by atoms with Gasteiger partial charge in [0.1, 0.15) is 12.7 Å². The van der Waals surface area contributed by atoms with Gasteiger partial charge in [-0.15, -0.1) is 0 Å². The number of aromatic nitrogens is 3. The second-order valence-corrected chi connectivity index (χ2v) is 5.78. The minimum Gasteiger partial charge on any atom is -0.493 e. The molecule has 0 atom stereocenters. The van der Waals surface area contributed by atoms with Crippen LogP contribution in [0.2, 0.25) is 0 Å². The summed E-state index contributed by atoms with van der Waals surface area (Å²) in [6, 6.07) is 2.08. The van der Waals surface area contributed by atoms with Crippen LogP contribution in [0.1, 0.15) is 11.1 Å². The molecule has 2 heterocycles. The summed E-state index contributed by atoms with van der Waals surface area (Å²) in [5.74, 6) is 2.20. The Labute approximate surface area is 142 Å². The maximum absolute atomic E-state index is 5.64. The molecule has 1 aliphatic heterocycles. The fraction of sp³-hybridized carbons (Fsp3) is 0.529. The van der Waals surface area contributed by atoms with Gasteiger partial charge in [0.15, 0.2) is 11.5 Å². The van der Waals surface area contributed by atoms with Crippen molar-refractivity contribution in [3.05, 3.63) is 29.8 Å². The molecule has 0 bridgehead atoms. The summed E-state index contributed by atoms with van der Waals surface area (Å²) in [7, 11) is 4.99. The van der Waals surface area contributed by atoms with Crippen molar-refractivity contribution >= 4 is 0 Å². The van der Waals surface area contributed by atoms with E-state index in [2.05, 4.69) is 21.0 Å². The molecule has 24 heavy (non-hydrogen) atoms. The third-order valence-corrected chi connectivity index (χ3v) is 4.51. The summed E-state index contributed by atoms with van der Waals surface area (Å²) in [6.45, 7) is 3.78. The Bertz CT molecular complexity index is 673. The first kappa shape index (κ1) is 16.6. The highest BCUT2D eigenvalue weighted by Gasteiger charge is 2.23. The zero-order chi connectivity index (χ0) is 16.9. The summed E-state index contributed by atoms with van der Waals surface area (Å²) >= 11 is 0. The van der Waals surface area contributed by atoms with E-state index < -0.39 is 0 Å². The topological polar surface area (TPSA) is 61.6 Å². The Morgan fingerprint density at radius 2 is 1.79 bits per heavy atom.